The van der Waals surface area contributed by atoms with Gasteiger partial charge in [-0.15, -0.1) is 11.3 Å². The average molecular weight is 224 g/mol. The summed E-state index contributed by atoms with van der Waals surface area (Å²) < 4.78 is 0. The van der Waals surface area contributed by atoms with Gasteiger partial charge in [-0.25, -0.2) is 4.98 Å². The number of nitrogens with one attached hydrogen (secondary N) is 1. The lowest BCUT2D eigenvalue weighted by Crippen LogP contribution is -2.30. The third-order valence-electron chi connectivity index (χ3n) is 3.03. The van der Waals surface area contributed by atoms with E-state index in [9.17, 15) is 0 Å². The summed E-state index contributed by atoms with van der Waals surface area (Å²) in [5, 5.41) is 6.99. The first-order valence-electron chi connectivity index (χ1n) is 5.95. The van der Waals surface area contributed by atoms with Crippen molar-refractivity contribution in [2.24, 2.45) is 5.92 Å². The highest BCUT2D eigenvalue weighted by Gasteiger charge is 2.24. The third kappa shape index (κ3) is 3.28. The van der Waals surface area contributed by atoms with Gasteiger partial charge < -0.3 is 5.32 Å². The van der Waals surface area contributed by atoms with Crippen LogP contribution in [0.2, 0.25) is 0 Å². The fourth-order valence-corrected chi connectivity index (χ4v) is 2.82. The monoisotopic (exact) mass is 224 g/mol. The standard InChI is InChI=1S/C12H20N2S/c1-3-11(12-13-6-7-15-12)14-9(2)8-10-4-5-10/h6-7,9-11,14H,3-5,8H2,1-2H3. The summed E-state index contributed by atoms with van der Waals surface area (Å²) in [7, 11) is 0. The molecule has 0 spiro atoms. The molecule has 3 heteroatoms. The van der Waals surface area contributed by atoms with Gasteiger partial charge in [0.15, 0.2) is 0 Å². The Labute approximate surface area is 96.1 Å². The van der Waals surface area contributed by atoms with Gasteiger partial charge in [0.05, 0.1) is 6.04 Å². The van der Waals surface area contributed by atoms with E-state index in [4.69, 9.17) is 0 Å². The first-order valence-corrected chi connectivity index (χ1v) is 6.83. The third-order valence-corrected chi connectivity index (χ3v) is 3.92. The molecule has 0 aliphatic heterocycles. The predicted molar refractivity (Wildman–Crippen MR) is 65.1 cm³/mol. The van der Waals surface area contributed by atoms with Crippen LogP contribution < -0.4 is 5.32 Å². The molecule has 84 valence electrons. The number of thiazole rings is 1. The summed E-state index contributed by atoms with van der Waals surface area (Å²) in [6, 6.07) is 1.09. The van der Waals surface area contributed by atoms with Gasteiger partial charge in [-0.05, 0) is 25.7 Å². The summed E-state index contributed by atoms with van der Waals surface area (Å²) in [5.74, 6) is 1.00. The van der Waals surface area contributed by atoms with Crippen LogP contribution in [-0.2, 0) is 0 Å². The number of rotatable bonds is 6. The van der Waals surface area contributed by atoms with Crippen LogP contribution in [0.3, 0.4) is 0 Å². The van der Waals surface area contributed by atoms with Gasteiger partial charge in [0.2, 0.25) is 0 Å². The van der Waals surface area contributed by atoms with Crippen LogP contribution in [0, 0.1) is 5.92 Å². The van der Waals surface area contributed by atoms with Crippen LogP contribution in [0.1, 0.15) is 50.6 Å². The lowest BCUT2D eigenvalue weighted by molar-refractivity contribution is 0.412. The van der Waals surface area contributed by atoms with Crippen molar-refractivity contribution < 1.29 is 0 Å². The summed E-state index contributed by atoms with van der Waals surface area (Å²) >= 11 is 1.76. The Kier molecular flexibility index (Phi) is 3.76. The molecule has 1 aromatic heterocycles. The molecule has 1 aliphatic carbocycles. The molecule has 2 nitrogen and oxygen atoms in total. The van der Waals surface area contributed by atoms with E-state index in [0.29, 0.717) is 12.1 Å². The highest BCUT2D eigenvalue weighted by atomic mass is 32.1. The zero-order valence-corrected chi connectivity index (χ0v) is 10.4. The van der Waals surface area contributed by atoms with Crippen LogP contribution in [0.25, 0.3) is 0 Å². The minimum Gasteiger partial charge on any atom is -0.305 e. The fourth-order valence-electron chi connectivity index (χ4n) is 2.04. The van der Waals surface area contributed by atoms with E-state index in [2.05, 4.69) is 29.5 Å². The van der Waals surface area contributed by atoms with Crippen LogP contribution in [0.15, 0.2) is 11.6 Å². The molecule has 2 rings (SSSR count). The molecule has 0 radical (unpaired) electrons. The zero-order valence-electron chi connectivity index (χ0n) is 9.57. The molecule has 0 bridgehead atoms. The maximum Gasteiger partial charge on any atom is 0.109 e. The van der Waals surface area contributed by atoms with Gasteiger partial charge in [0, 0.05) is 17.6 Å². The Morgan fingerprint density at radius 2 is 2.40 bits per heavy atom. The molecule has 0 amide bonds. The Morgan fingerprint density at radius 3 is 2.93 bits per heavy atom. The molecule has 1 N–H and O–H groups in total. The van der Waals surface area contributed by atoms with Crippen LogP contribution in [0.4, 0.5) is 0 Å². The number of hydrogen-bond acceptors (Lipinski definition) is 3. The number of aromatic nitrogens is 1. The Bertz CT molecular complexity index is 280. The van der Waals surface area contributed by atoms with Crippen molar-refractivity contribution in [2.45, 2.75) is 51.6 Å². The van der Waals surface area contributed by atoms with E-state index < -0.39 is 0 Å². The van der Waals surface area contributed by atoms with Gasteiger partial charge in [-0.3, -0.25) is 0 Å². The van der Waals surface area contributed by atoms with E-state index in [1.807, 2.05) is 6.20 Å². The lowest BCUT2D eigenvalue weighted by atomic mass is 10.1. The SMILES string of the molecule is CCC(NC(C)CC1CC1)c1nccs1. The molecule has 1 aromatic rings. The van der Waals surface area contributed by atoms with Gasteiger partial charge in [-0.1, -0.05) is 19.8 Å². The smallest absolute Gasteiger partial charge is 0.109 e. The van der Waals surface area contributed by atoms with Crippen molar-refractivity contribution in [1.82, 2.24) is 10.3 Å². The van der Waals surface area contributed by atoms with Crippen molar-refractivity contribution in [3.8, 4) is 0 Å². The Hall–Kier alpha value is -0.410. The molecular formula is C12H20N2S. The van der Waals surface area contributed by atoms with Crippen molar-refractivity contribution in [2.75, 3.05) is 0 Å². The van der Waals surface area contributed by atoms with Crippen molar-refractivity contribution in [3.05, 3.63) is 16.6 Å². The minimum absolute atomic E-state index is 0.457. The maximum atomic E-state index is 4.39. The second-order valence-corrected chi connectivity index (χ2v) is 5.50. The van der Waals surface area contributed by atoms with E-state index in [0.717, 1.165) is 12.3 Å². The molecule has 1 fully saturated rings. The molecule has 1 heterocycles. The fraction of sp³-hybridized carbons (Fsp3) is 0.750. The van der Waals surface area contributed by atoms with Gasteiger partial charge in [0.25, 0.3) is 0 Å². The Balaban J connectivity index is 1.84. The van der Waals surface area contributed by atoms with Crippen LogP contribution >= 0.6 is 11.3 Å². The van der Waals surface area contributed by atoms with Crippen LogP contribution in [0.5, 0.6) is 0 Å². The van der Waals surface area contributed by atoms with E-state index in [1.165, 1.54) is 24.3 Å². The van der Waals surface area contributed by atoms with Gasteiger partial charge >= 0.3 is 0 Å². The molecular weight excluding hydrogens is 204 g/mol. The van der Waals surface area contributed by atoms with Gasteiger partial charge in [0.1, 0.15) is 5.01 Å². The predicted octanol–water partition coefficient (Wildman–Crippen LogP) is 3.37. The summed E-state index contributed by atoms with van der Waals surface area (Å²) in [6.07, 6.45) is 7.25. The topological polar surface area (TPSA) is 24.9 Å². The Morgan fingerprint density at radius 1 is 1.60 bits per heavy atom. The maximum absolute atomic E-state index is 4.39. The molecule has 1 saturated carbocycles. The second kappa shape index (κ2) is 5.08. The molecule has 2 atom stereocenters. The molecule has 0 aromatic carbocycles. The molecule has 15 heavy (non-hydrogen) atoms. The molecule has 1 aliphatic rings. The van der Waals surface area contributed by atoms with E-state index in [1.54, 1.807) is 11.3 Å². The van der Waals surface area contributed by atoms with Crippen molar-refractivity contribution in [3.63, 3.8) is 0 Å². The minimum atomic E-state index is 0.457. The summed E-state index contributed by atoms with van der Waals surface area (Å²) in [4.78, 5) is 4.39. The first-order chi connectivity index (χ1) is 7.29. The highest BCUT2D eigenvalue weighted by molar-refractivity contribution is 7.09. The lowest BCUT2D eigenvalue weighted by Gasteiger charge is -2.20. The van der Waals surface area contributed by atoms with Crippen LogP contribution in [-0.4, -0.2) is 11.0 Å². The summed E-state index contributed by atoms with van der Waals surface area (Å²) in [6.45, 7) is 4.53. The first kappa shape index (κ1) is 11.1. The quantitative estimate of drug-likeness (QED) is 0.801. The van der Waals surface area contributed by atoms with Crippen molar-refractivity contribution in [1.29, 1.82) is 0 Å². The highest BCUT2D eigenvalue weighted by Crippen LogP contribution is 2.34. The molecule has 2 unspecified atom stereocenters. The van der Waals surface area contributed by atoms with E-state index >= 15 is 0 Å². The van der Waals surface area contributed by atoms with E-state index in [-0.39, 0.29) is 0 Å². The van der Waals surface area contributed by atoms with Gasteiger partial charge in [-0.2, -0.15) is 0 Å². The molecule has 0 saturated heterocycles. The number of hydrogen-bond donors (Lipinski definition) is 1. The van der Waals surface area contributed by atoms with Crippen molar-refractivity contribution >= 4 is 11.3 Å². The zero-order chi connectivity index (χ0) is 10.7. The largest absolute Gasteiger partial charge is 0.305 e. The normalized spacial score (nSPS) is 20.1. The average Bonchev–Trinajstić information content (AvgIpc) is 2.86. The summed E-state index contributed by atoms with van der Waals surface area (Å²) in [5.41, 5.74) is 0. The second-order valence-electron chi connectivity index (χ2n) is 4.58. The number of nitrogens with zero attached hydrogens (tertiary/aromatic N) is 1.